The second-order valence-corrected chi connectivity index (χ2v) is 6.61. The van der Waals surface area contributed by atoms with Gasteiger partial charge >= 0.3 is 12.1 Å². The number of ether oxygens (including phenoxy) is 1. The molecule has 7 nitrogen and oxygen atoms in total. The van der Waals surface area contributed by atoms with Crippen molar-refractivity contribution < 1.29 is 38.0 Å². The molecule has 0 bridgehead atoms. The molecule has 0 fully saturated rings. The van der Waals surface area contributed by atoms with Crippen LogP contribution in [0, 0.1) is 0 Å². The summed E-state index contributed by atoms with van der Waals surface area (Å²) in [6.07, 6.45) is -6.28. The number of fused-ring (bicyclic) bond motifs is 1. The van der Waals surface area contributed by atoms with Crippen LogP contribution in [-0.4, -0.2) is 50.2 Å². The number of nitrogens with zero attached hydrogens (tertiary/aromatic N) is 2. The molecule has 0 spiro atoms. The standard InChI is InChI=1S/C18H19F3N2O5/c1-28-15-12(17(26)27)23-8-11(22-16(23)14(25)13(15)24)7-4-9-2-5-10(6-3-9)18(19,20)21/h2-3,5-6,8,12-15,24-25H,4,7H2,1H3,(H,26,27)/t12-,13+,14+,15+/m0/s1. The summed E-state index contributed by atoms with van der Waals surface area (Å²) in [5.74, 6) is -1.23. The number of aliphatic hydroxyl groups excluding tert-OH is 2. The molecule has 3 rings (SSSR count). The first-order valence-corrected chi connectivity index (χ1v) is 8.49. The second-order valence-electron chi connectivity index (χ2n) is 6.61. The van der Waals surface area contributed by atoms with Gasteiger partial charge in [0.25, 0.3) is 0 Å². The summed E-state index contributed by atoms with van der Waals surface area (Å²) in [6.45, 7) is 0. The lowest BCUT2D eigenvalue weighted by atomic mass is 9.95. The molecule has 1 aromatic carbocycles. The molecular weight excluding hydrogens is 381 g/mol. The number of aliphatic hydroxyl groups is 2. The van der Waals surface area contributed by atoms with E-state index in [2.05, 4.69) is 4.98 Å². The maximum atomic E-state index is 12.6. The number of aliphatic carboxylic acids is 1. The van der Waals surface area contributed by atoms with Crippen LogP contribution in [0.15, 0.2) is 30.5 Å². The van der Waals surface area contributed by atoms with Crippen molar-refractivity contribution in [2.24, 2.45) is 0 Å². The number of methoxy groups -OCH3 is 1. The Bertz CT molecular complexity index is 850. The molecule has 152 valence electrons. The van der Waals surface area contributed by atoms with E-state index in [0.717, 1.165) is 12.1 Å². The van der Waals surface area contributed by atoms with Crippen molar-refractivity contribution in [2.75, 3.05) is 7.11 Å². The zero-order valence-corrected chi connectivity index (χ0v) is 14.8. The van der Waals surface area contributed by atoms with Gasteiger partial charge in [-0.15, -0.1) is 0 Å². The minimum Gasteiger partial charge on any atom is -0.480 e. The number of rotatable bonds is 5. The van der Waals surface area contributed by atoms with Crippen molar-refractivity contribution in [3.8, 4) is 0 Å². The summed E-state index contributed by atoms with van der Waals surface area (Å²) < 4.78 is 44.2. The van der Waals surface area contributed by atoms with Gasteiger partial charge in [0.2, 0.25) is 0 Å². The van der Waals surface area contributed by atoms with Crippen LogP contribution in [0.1, 0.15) is 34.8 Å². The quantitative estimate of drug-likeness (QED) is 0.706. The van der Waals surface area contributed by atoms with Crippen molar-refractivity contribution in [1.82, 2.24) is 9.55 Å². The van der Waals surface area contributed by atoms with Gasteiger partial charge in [-0.05, 0) is 30.5 Å². The molecule has 2 heterocycles. The first-order chi connectivity index (χ1) is 13.1. The third kappa shape index (κ3) is 3.75. The molecule has 3 N–H and O–H groups in total. The predicted octanol–water partition coefficient (Wildman–Crippen LogP) is 1.74. The van der Waals surface area contributed by atoms with Crippen LogP contribution in [0.4, 0.5) is 13.2 Å². The lowest BCUT2D eigenvalue weighted by Gasteiger charge is -2.36. The number of aromatic nitrogens is 2. The highest BCUT2D eigenvalue weighted by atomic mass is 19.4. The number of carboxylic acid groups (broad SMARTS) is 1. The van der Waals surface area contributed by atoms with Crippen molar-refractivity contribution in [3.05, 3.63) is 53.1 Å². The summed E-state index contributed by atoms with van der Waals surface area (Å²) >= 11 is 0. The van der Waals surface area contributed by atoms with Crippen molar-refractivity contribution in [3.63, 3.8) is 0 Å². The topological polar surface area (TPSA) is 105 Å². The fraction of sp³-hybridized carbons (Fsp3) is 0.444. The zero-order valence-electron chi connectivity index (χ0n) is 14.8. The highest BCUT2D eigenvalue weighted by Gasteiger charge is 2.46. The van der Waals surface area contributed by atoms with Crippen molar-refractivity contribution in [1.29, 1.82) is 0 Å². The fourth-order valence-electron chi connectivity index (χ4n) is 3.36. The van der Waals surface area contributed by atoms with Crippen LogP contribution in [-0.2, 0) is 28.5 Å². The maximum Gasteiger partial charge on any atom is 0.416 e. The minimum absolute atomic E-state index is 0.00983. The number of halogens is 3. The second kappa shape index (κ2) is 7.53. The number of aryl methyl sites for hydroxylation is 2. The van der Waals surface area contributed by atoms with Gasteiger partial charge in [-0.1, -0.05) is 12.1 Å². The summed E-state index contributed by atoms with van der Waals surface area (Å²) in [7, 11) is 1.24. The van der Waals surface area contributed by atoms with E-state index in [1.165, 1.54) is 30.0 Å². The number of imidazole rings is 1. The fourth-order valence-corrected chi connectivity index (χ4v) is 3.36. The summed E-state index contributed by atoms with van der Waals surface area (Å²) in [5, 5.41) is 29.8. The maximum absolute atomic E-state index is 12.6. The van der Waals surface area contributed by atoms with E-state index in [9.17, 15) is 33.3 Å². The molecule has 1 aliphatic heterocycles. The van der Waals surface area contributed by atoms with Crippen LogP contribution in [0.2, 0.25) is 0 Å². The number of carbonyl (C=O) groups is 1. The predicted molar refractivity (Wildman–Crippen MR) is 89.5 cm³/mol. The van der Waals surface area contributed by atoms with Crippen LogP contribution >= 0.6 is 0 Å². The summed E-state index contributed by atoms with van der Waals surface area (Å²) in [6, 6.07) is 3.48. The van der Waals surface area contributed by atoms with E-state index in [-0.39, 0.29) is 5.82 Å². The molecule has 0 unspecified atom stereocenters. The van der Waals surface area contributed by atoms with E-state index in [4.69, 9.17) is 4.74 Å². The minimum atomic E-state index is -4.40. The average molecular weight is 400 g/mol. The Kier molecular flexibility index (Phi) is 5.46. The molecule has 0 radical (unpaired) electrons. The Morgan fingerprint density at radius 2 is 1.86 bits per heavy atom. The third-order valence-corrected chi connectivity index (χ3v) is 4.82. The van der Waals surface area contributed by atoms with Gasteiger partial charge in [-0.3, -0.25) is 0 Å². The Labute approximate surface area is 158 Å². The van der Waals surface area contributed by atoms with Gasteiger partial charge < -0.3 is 24.6 Å². The SMILES string of the molecule is CO[C@H]1[C@H](O)[C@@H](O)c2nc(CCc3ccc(C(F)(F)F)cc3)cn2[C@@H]1C(=O)O. The van der Waals surface area contributed by atoms with Crippen LogP contribution < -0.4 is 0 Å². The molecule has 1 aromatic heterocycles. The van der Waals surface area contributed by atoms with Gasteiger partial charge in [0.1, 0.15) is 24.1 Å². The molecule has 0 saturated carbocycles. The summed E-state index contributed by atoms with van der Waals surface area (Å²) in [4.78, 5) is 15.8. The van der Waals surface area contributed by atoms with Crippen LogP contribution in [0.25, 0.3) is 0 Å². The van der Waals surface area contributed by atoms with E-state index in [0.29, 0.717) is 24.1 Å². The average Bonchev–Trinajstić information content (AvgIpc) is 3.06. The highest BCUT2D eigenvalue weighted by molar-refractivity contribution is 5.73. The molecule has 2 aromatic rings. The van der Waals surface area contributed by atoms with E-state index >= 15 is 0 Å². The normalized spacial score (nSPS) is 24.8. The zero-order chi connectivity index (χ0) is 20.6. The number of alkyl halides is 3. The largest absolute Gasteiger partial charge is 0.480 e. The van der Waals surface area contributed by atoms with Crippen LogP contribution in [0.3, 0.4) is 0 Å². The van der Waals surface area contributed by atoms with E-state index in [1.807, 2.05) is 0 Å². The molecular formula is C18H19F3N2O5. The molecule has 10 heteroatoms. The molecule has 0 amide bonds. The first kappa shape index (κ1) is 20.3. The highest BCUT2D eigenvalue weighted by Crippen LogP contribution is 2.34. The Morgan fingerprint density at radius 3 is 2.39 bits per heavy atom. The first-order valence-electron chi connectivity index (χ1n) is 8.49. The smallest absolute Gasteiger partial charge is 0.416 e. The van der Waals surface area contributed by atoms with Gasteiger partial charge in [0, 0.05) is 13.3 Å². The van der Waals surface area contributed by atoms with Gasteiger partial charge in [-0.25, -0.2) is 9.78 Å². The molecule has 4 atom stereocenters. The third-order valence-electron chi connectivity index (χ3n) is 4.82. The molecule has 0 saturated heterocycles. The van der Waals surface area contributed by atoms with Crippen molar-refractivity contribution in [2.45, 2.75) is 43.4 Å². The lowest BCUT2D eigenvalue weighted by Crippen LogP contribution is -2.48. The number of hydrogen-bond acceptors (Lipinski definition) is 5. The molecule has 0 aliphatic carbocycles. The van der Waals surface area contributed by atoms with Gasteiger partial charge in [0.05, 0.1) is 11.3 Å². The van der Waals surface area contributed by atoms with E-state index in [1.54, 1.807) is 0 Å². The molecule has 1 aliphatic rings. The Hall–Kier alpha value is -2.43. The molecule has 28 heavy (non-hydrogen) atoms. The van der Waals surface area contributed by atoms with Crippen LogP contribution in [0.5, 0.6) is 0 Å². The number of carboxylic acids is 1. The van der Waals surface area contributed by atoms with Crippen molar-refractivity contribution >= 4 is 5.97 Å². The summed E-state index contributed by atoms with van der Waals surface area (Å²) in [5.41, 5.74) is 0.369. The monoisotopic (exact) mass is 400 g/mol. The number of hydrogen-bond donors (Lipinski definition) is 3. The lowest BCUT2D eigenvalue weighted by molar-refractivity contribution is -0.160. The Morgan fingerprint density at radius 1 is 1.21 bits per heavy atom. The van der Waals surface area contributed by atoms with E-state index < -0.39 is 42.1 Å². The number of benzene rings is 1. The van der Waals surface area contributed by atoms with Gasteiger partial charge in [0.15, 0.2) is 6.04 Å². The Balaban J connectivity index is 1.80. The van der Waals surface area contributed by atoms with Gasteiger partial charge in [-0.2, -0.15) is 13.2 Å².